The molecule has 2 N–H and O–H groups in total. The fraction of sp³-hybridized carbons (Fsp3) is 0.660. The molecule has 8 heteroatoms. The second-order valence-electron chi connectivity index (χ2n) is 18.7. The van der Waals surface area contributed by atoms with Crippen LogP contribution in [0.4, 0.5) is 0 Å². The number of fused-ring (bicyclic) bond motifs is 5. The molecule has 0 bridgehead atoms. The summed E-state index contributed by atoms with van der Waals surface area (Å²) in [7, 11) is 2.49. The van der Waals surface area contributed by atoms with Gasteiger partial charge < -0.3 is 19.7 Å². The van der Waals surface area contributed by atoms with Crippen LogP contribution in [-0.4, -0.2) is 36.4 Å². The van der Waals surface area contributed by atoms with Crippen molar-refractivity contribution in [2.24, 2.45) is 58.2 Å². The molecule has 0 saturated heterocycles. The smallest absolute Gasteiger partial charge is 0.341 e. The minimum absolute atomic E-state index is 0.00339. The van der Waals surface area contributed by atoms with Crippen LogP contribution in [0.15, 0.2) is 30.3 Å². The summed E-state index contributed by atoms with van der Waals surface area (Å²) in [5, 5.41) is 21.2. The lowest BCUT2D eigenvalue weighted by Crippen LogP contribution is -2.53. The maximum Gasteiger partial charge on any atom is 0.341 e. The van der Waals surface area contributed by atoms with Gasteiger partial charge in [0.15, 0.2) is 0 Å². The third-order valence-electron chi connectivity index (χ3n) is 15.5. The van der Waals surface area contributed by atoms with E-state index in [1.54, 1.807) is 12.1 Å². The minimum atomic E-state index is -0.721. The Morgan fingerprint density at radius 3 is 1.96 bits per heavy atom. The number of allylic oxidation sites excluding steroid dienone is 1. The number of carbonyl (C=O) groups is 2. The molecule has 9 atom stereocenters. The lowest BCUT2D eigenvalue weighted by molar-refractivity contribution is -0.121. The Labute approximate surface area is 339 Å². The molecule has 55 heavy (non-hydrogen) atoms. The fourth-order valence-corrected chi connectivity index (χ4v) is 13.0. The second kappa shape index (κ2) is 17.0. The number of esters is 2. The monoisotopic (exact) mass is 794 g/mol. The first-order chi connectivity index (χ1) is 26.1. The van der Waals surface area contributed by atoms with Crippen molar-refractivity contribution in [3.05, 3.63) is 62.6 Å². The summed E-state index contributed by atoms with van der Waals surface area (Å²) in [5.41, 5.74) is 2.59. The molecule has 2 aromatic carbocycles. The molecule has 4 fully saturated rings. The first kappa shape index (κ1) is 41.9. The first-order valence-electron chi connectivity index (χ1n) is 21.0. The van der Waals surface area contributed by atoms with Crippen LogP contribution in [0.3, 0.4) is 0 Å². The molecule has 4 aliphatic rings. The topological polar surface area (TPSA) is 93.1 Å². The van der Waals surface area contributed by atoms with Crippen molar-refractivity contribution >= 4 is 40.7 Å². The summed E-state index contributed by atoms with van der Waals surface area (Å²) in [6, 6.07) is 6.26. The average Bonchev–Trinajstić information content (AvgIpc) is 3.52. The summed E-state index contributed by atoms with van der Waals surface area (Å²) >= 11 is 12.9. The number of phenolic OH excluding ortho intramolecular Hbond substituents is 2. The van der Waals surface area contributed by atoms with E-state index < -0.39 is 11.9 Å². The van der Waals surface area contributed by atoms with Gasteiger partial charge >= 0.3 is 11.9 Å². The minimum Gasteiger partial charge on any atom is -0.505 e. The van der Waals surface area contributed by atoms with E-state index in [1.165, 1.54) is 103 Å². The highest BCUT2D eigenvalue weighted by atomic mass is 35.5. The molecule has 0 aromatic heterocycles. The van der Waals surface area contributed by atoms with E-state index in [4.69, 9.17) is 32.7 Å². The number of hydrogen-bond acceptors (Lipinski definition) is 6. The van der Waals surface area contributed by atoms with E-state index in [1.807, 2.05) is 0 Å². The van der Waals surface area contributed by atoms with Crippen LogP contribution in [0.25, 0.3) is 5.57 Å². The molecule has 4 aliphatic carbocycles. The molecule has 6 nitrogen and oxygen atoms in total. The predicted octanol–water partition coefficient (Wildman–Crippen LogP) is 12.9. The summed E-state index contributed by atoms with van der Waals surface area (Å²) in [4.78, 5) is 25.2. The van der Waals surface area contributed by atoms with Crippen LogP contribution in [0.2, 0.25) is 10.0 Å². The number of carbonyl (C=O) groups excluding carboxylic acids is 2. The van der Waals surface area contributed by atoms with Crippen molar-refractivity contribution in [2.45, 2.75) is 125 Å². The highest BCUT2D eigenvalue weighted by molar-refractivity contribution is 6.33. The third-order valence-corrected chi connectivity index (χ3v) is 16.0. The lowest BCUT2D eigenvalue weighted by Gasteiger charge is -2.61. The summed E-state index contributed by atoms with van der Waals surface area (Å²) in [6.45, 7) is 12.6. The van der Waals surface area contributed by atoms with Crippen LogP contribution in [-0.2, 0) is 9.47 Å². The Bertz CT molecular complexity index is 1690. The number of rotatable bonds is 12. The van der Waals surface area contributed by atoms with Crippen molar-refractivity contribution in [1.29, 1.82) is 0 Å². The number of methoxy groups -OCH3 is 2. The molecular formula is C47H64Cl2O6. The fourth-order valence-electron chi connectivity index (χ4n) is 12.5. The standard InChI is InChI=1S/C47H64Cl2O6/c1-27(2)10-8-11-28(3)37-16-17-38-34-15-14-32-22-29(18-20-46(32,4)39(34)19-21-47(37,38)5)12-9-13-33(30-23-35(44(52)54-6)42(50)40(48)25-30)31-24-36(45(53)55-7)43(51)41(49)26-31/h13,23-29,32,34,37-39,50-51H,8-12,14-22H2,1-7H3/t28-,29+,32-,34+,37-,38+,39+,46+,47-/m1/s1. The van der Waals surface area contributed by atoms with Crippen molar-refractivity contribution in [3.8, 4) is 11.5 Å². The van der Waals surface area contributed by atoms with Crippen LogP contribution in [0, 0.1) is 58.2 Å². The van der Waals surface area contributed by atoms with Crippen LogP contribution in [0.5, 0.6) is 11.5 Å². The van der Waals surface area contributed by atoms with Crippen molar-refractivity contribution in [2.75, 3.05) is 14.2 Å². The van der Waals surface area contributed by atoms with Crippen molar-refractivity contribution in [3.63, 3.8) is 0 Å². The summed E-state index contributed by atoms with van der Waals surface area (Å²) in [5.74, 6) is 4.34. The zero-order valence-electron chi connectivity index (χ0n) is 34.2. The maximum atomic E-state index is 12.6. The Morgan fingerprint density at radius 2 is 1.38 bits per heavy atom. The molecule has 0 unspecified atom stereocenters. The van der Waals surface area contributed by atoms with Gasteiger partial charge in [0.2, 0.25) is 0 Å². The van der Waals surface area contributed by atoms with Crippen LogP contribution >= 0.6 is 23.2 Å². The van der Waals surface area contributed by atoms with E-state index in [9.17, 15) is 19.8 Å². The molecule has 0 amide bonds. The molecular weight excluding hydrogens is 731 g/mol. The number of aromatic hydroxyl groups is 2. The molecule has 2 aromatic rings. The number of phenols is 2. The second-order valence-corrected chi connectivity index (χ2v) is 19.5. The molecule has 302 valence electrons. The highest BCUT2D eigenvalue weighted by Crippen LogP contribution is 2.69. The van der Waals surface area contributed by atoms with Crippen LogP contribution in [0.1, 0.15) is 156 Å². The van der Waals surface area contributed by atoms with Gasteiger partial charge in [0.1, 0.15) is 22.6 Å². The normalized spacial score (nSPS) is 30.5. The Kier molecular flexibility index (Phi) is 13.0. The first-order valence-corrected chi connectivity index (χ1v) is 21.8. The number of ether oxygens (including phenoxy) is 2. The van der Waals surface area contributed by atoms with Gasteiger partial charge in [0.25, 0.3) is 0 Å². The highest BCUT2D eigenvalue weighted by Gasteiger charge is 2.60. The van der Waals surface area contributed by atoms with Crippen LogP contribution < -0.4 is 0 Å². The molecule has 0 spiro atoms. The van der Waals surface area contributed by atoms with E-state index >= 15 is 0 Å². The van der Waals surface area contributed by atoms with Gasteiger partial charge in [0.05, 0.1) is 24.3 Å². The van der Waals surface area contributed by atoms with Gasteiger partial charge in [0, 0.05) is 0 Å². The van der Waals surface area contributed by atoms with E-state index in [-0.39, 0.29) is 32.7 Å². The van der Waals surface area contributed by atoms with Gasteiger partial charge in [-0.05, 0) is 170 Å². The third kappa shape index (κ3) is 8.20. The Hall–Kier alpha value is -2.70. The quantitative estimate of drug-likeness (QED) is 0.208. The molecule has 0 aliphatic heterocycles. The van der Waals surface area contributed by atoms with Gasteiger partial charge in [-0.25, -0.2) is 9.59 Å². The number of hydrogen-bond donors (Lipinski definition) is 2. The number of benzene rings is 2. The van der Waals surface area contributed by atoms with Gasteiger partial charge in [-0.1, -0.05) is 83.2 Å². The van der Waals surface area contributed by atoms with E-state index in [0.29, 0.717) is 33.4 Å². The molecule has 6 rings (SSSR count). The zero-order chi connectivity index (χ0) is 39.8. The zero-order valence-corrected chi connectivity index (χ0v) is 35.7. The van der Waals surface area contributed by atoms with Gasteiger partial charge in [-0.3, -0.25) is 0 Å². The average molecular weight is 796 g/mol. The maximum absolute atomic E-state index is 12.6. The van der Waals surface area contributed by atoms with E-state index in [0.717, 1.165) is 54.3 Å². The van der Waals surface area contributed by atoms with Gasteiger partial charge in [-0.15, -0.1) is 0 Å². The van der Waals surface area contributed by atoms with Crippen molar-refractivity contribution < 1.29 is 29.3 Å². The Morgan fingerprint density at radius 1 is 0.800 bits per heavy atom. The lowest BCUT2D eigenvalue weighted by atomic mass is 9.44. The summed E-state index contributed by atoms with van der Waals surface area (Å²) in [6.07, 6.45) is 20.2. The molecule has 0 radical (unpaired) electrons. The SMILES string of the molecule is COC(=O)c1cc(C(=CCC[C@H]2CC[C@@]3(C)[C@H](CC[C@@H]4[C@@H]3CC[C@]3(C)[C@@H]([C@H](C)CCCC(C)C)CC[C@@H]43)C2)c2cc(Cl)c(O)c(C(=O)OC)c2)cc(Cl)c1O. The largest absolute Gasteiger partial charge is 0.505 e. The van der Waals surface area contributed by atoms with Crippen molar-refractivity contribution in [1.82, 2.24) is 0 Å². The predicted molar refractivity (Wildman–Crippen MR) is 222 cm³/mol. The molecule has 0 heterocycles. The van der Waals surface area contributed by atoms with Gasteiger partial charge in [-0.2, -0.15) is 0 Å². The Balaban J connectivity index is 1.18. The van der Waals surface area contributed by atoms with E-state index in [2.05, 4.69) is 40.7 Å². The number of halogens is 2. The summed E-state index contributed by atoms with van der Waals surface area (Å²) < 4.78 is 9.85. The molecule has 4 saturated carbocycles.